The quantitative estimate of drug-likeness (QED) is 0.799. The highest BCUT2D eigenvalue weighted by molar-refractivity contribution is 7.98. The van der Waals surface area contributed by atoms with Gasteiger partial charge in [-0.05, 0) is 54.5 Å². The van der Waals surface area contributed by atoms with Crippen molar-refractivity contribution in [3.63, 3.8) is 0 Å². The minimum absolute atomic E-state index is 0.290. The molecule has 0 fully saturated rings. The summed E-state index contributed by atoms with van der Waals surface area (Å²) in [5.41, 5.74) is 2.76. The number of benzene rings is 2. The summed E-state index contributed by atoms with van der Waals surface area (Å²) in [5.74, 6) is 0. The van der Waals surface area contributed by atoms with E-state index in [1.54, 1.807) is 23.9 Å². The van der Waals surface area contributed by atoms with Crippen LogP contribution in [0.4, 0.5) is 5.69 Å². The molecule has 0 radical (unpaired) electrons. The fraction of sp³-hybridized carbons (Fsp3) is 0.294. The van der Waals surface area contributed by atoms with E-state index in [0.29, 0.717) is 4.90 Å². The van der Waals surface area contributed by atoms with Crippen molar-refractivity contribution in [3.05, 3.63) is 53.6 Å². The Morgan fingerprint density at radius 2 is 1.50 bits per heavy atom. The molecule has 0 bridgehead atoms. The second kappa shape index (κ2) is 7.20. The molecule has 118 valence electrons. The SMILES string of the molecule is CCc1cccc(CC)c1NS(=O)(=O)c1ccc(SC)cc1. The van der Waals surface area contributed by atoms with E-state index in [2.05, 4.69) is 4.72 Å². The molecular weight excluding hydrogens is 314 g/mol. The summed E-state index contributed by atoms with van der Waals surface area (Å²) in [4.78, 5) is 1.33. The highest BCUT2D eigenvalue weighted by Crippen LogP contribution is 2.26. The van der Waals surface area contributed by atoms with Crippen molar-refractivity contribution < 1.29 is 8.42 Å². The highest BCUT2D eigenvalue weighted by atomic mass is 32.2. The first-order valence-corrected chi connectivity index (χ1v) is 10.00. The van der Waals surface area contributed by atoms with Gasteiger partial charge >= 0.3 is 0 Å². The van der Waals surface area contributed by atoms with E-state index < -0.39 is 10.0 Å². The van der Waals surface area contributed by atoms with Crippen molar-refractivity contribution in [2.75, 3.05) is 11.0 Å². The number of hydrogen-bond donors (Lipinski definition) is 1. The summed E-state index contributed by atoms with van der Waals surface area (Å²) in [7, 11) is -3.56. The lowest BCUT2D eigenvalue weighted by atomic mass is 10.0. The largest absolute Gasteiger partial charge is 0.279 e. The second-order valence-corrected chi connectivity index (χ2v) is 7.50. The Kier molecular flexibility index (Phi) is 5.53. The van der Waals surface area contributed by atoms with Crippen molar-refractivity contribution in [1.29, 1.82) is 0 Å². The zero-order valence-corrected chi connectivity index (χ0v) is 14.7. The van der Waals surface area contributed by atoms with E-state index >= 15 is 0 Å². The standard InChI is InChI=1S/C17H21NO2S2/c1-4-13-7-6-8-14(5-2)17(13)18-22(19,20)16-11-9-15(21-3)10-12-16/h6-12,18H,4-5H2,1-3H3. The van der Waals surface area contributed by atoms with Gasteiger partial charge in [-0.3, -0.25) is 4.72 Å². The Bertz CT molecular complexity index is 716. The number of para-hydroxylation sites is 1. The Hall–Kier alpha value is -1.46. The molecule has 0 heterocycles. The normalized spacial score (nSPS) is 11.4. The molecule has 1 N–H and O–H groups in total. The van der Waals surface area contributed by atoms with E-state index in [1.807, 2.05) is 50.4 Å². The maximum Gasteiger partial charge on any atom is 0.261 e. The van der Waals surface area contributed by atoms with Crippen LogP contribution in [0, 0.1) is 0 Å². The maximum atomic E-state index is 12.6. The monoisotopic (exact) mass is 335 g/mol. The van der Waals surface area contributed by atoms with Crippen LogP contribution in [-0.4, -0.2) is 14.7 Å². The first-order chi connectivity index (χ1) is 10.5. The molecule has 0 saturated heterocycles. The topological polar surface area (TPSA) is 46.2 Å². The number of aryl methyl sites for hydroxylation is 2. The molecule has 3 nitrogen and oxygen atoms in total. The summed E-state index contributed by atoms with van der Waals surface area (Å²) in [6, 6.07) is 12.9. The molecule has 2 rings (SSSR count). The fourth-order valence-corrected chi connectivity index (χ4v) is 3.87. The third-order valence-corrected chi connectivity index (χ3v) is 5.71. The van der Waals surface area contributed by atoms with Crippen LogP contribution >= 0.6 is 11.8 Å². The van der Waals surface area contributed by atoms with E-state index in [0.717, 1.165) is 34.6 Å². The van der Waals surface area contributed by atoms with Gasteiger partial charge in [0.1, 0.15) is 0 Å². The molecule has 0 aliphatic rings. The average molecular weight is 335 g/mol. The number of rotatable bonds is 6. The molecule has 0 atom stereocenters. The summed E-state index contributed by atoms with van der Waals surface area (Å²) in [6.07, 6.45) is 3.54. The lowest BCUT2D eigenvalue weighted by molar-refractivity contribution is 0.601. The molecule has 0 aliphatic carbocycles. The zero-order chi connectivity index (χ0) is 16.2. The van der Waals surface area contributed by atoms with Crippen molar-refractivity contribution in [1.82, 2.24) is 0 Å². The van der Waals surface area contributed by atoms with Gasteiger partial charge in [0.2, 0.25) is 0 Å². The average Bonchev–Trinajstić information content (AvgIpc) is 2.54. The van der Waals surface area contributed by atoms with Crippen LogP contribution in [0.25, 0.3) is 0 Å². The predicted octanol–water partition coefficient (Wildman–Crippen LogP) is 4.33. The van der Waals surface area contributed by atoms with Gasteiger partial charge in [-0.1, -0.05) is 32.0 Å². The number of hydrogen-bond acceptors (Lipinski definition) is 3. The van der Waals surface area contributed by atoms with Crippen LogP contribution in [-0.2, 0) is 22.9 Å². The van der Waals surface area contributed by atoms with Gasteiger partial charge in [-0.25, -0.2) is 8.42 Å². The van der Waals surface area contributed by atoms with Gasteiger partial charge in [-0.15, -0.1) is 11.8 Å². The number of nitrogens with one attached hydrogen (secondary N) is 1. The highest BCUT2D eigenvalue weighted by Gasteiger charge is 2.17. The van der Waals surface area contributed by atoms with Gasteiger partial charge in [0, 0.05) is 4.90 Å². The predicted molar refractivity (Wildman–Crippen MR) is 94.2 cm³/mol. The van der Waals surface area contributed by atoms with Gasteiger partial charge in [0.05, 0.1) is 10.6 Å². The lowest BCUT2D eigenvalue weighted by Gasteiger charge is -2.15. The Morgan fingerprint density at radius 1 is 0.955 bits per heavy atom. The second-order valence-electron chi connectivity index (χ2n) is 4.94. The van der Waals surface area contributed by atoms with Crippen LogP contribution in [0.1, 0.15) is 25.0 Å². The van der Waals surface area contributed by atoms with Gasteiger partial charge in [0.25, 0.3) is 10.0 Å². The molecular formula is C17H21NO2S2. The van der Waals surface area contributed by atoms with E-state index in [9.17, 15) is 8.42 Å². The van der Waals surface area contributed by atoms with Crippen molar-refractivity contribution in [2.45, 2.75) is 36.5 Å². The van der Waals surface area contributed by atoms with Crippen molar-refractivity contribution in [2.24, 2.45) is 0 Å². The van der Waals surface area contributed by atoms with Crippen LogP contribution in [0.3, 0.4) is 0 Å². The summed E-state index contributed by atoms with van der Waals surface area (Å²) in [5, 5.41) is 0. The van der Waals surface area contributed by atoms with Crippen LogP contribution < -0.4 is 4.72 Å². The first kappa shape index (κ1) is 16.9. The van der Waals surface area contributed by atoms with Crippen LogP contribution in [0.15, 0.2) is 52.3 Å². The Morgan fingerprint density at radius 3 is 1.95 bits per heavy atom. The Labute approximate surface area is 137 Å². The molecule has 0 unspecified atom stereocenters. The number of anilines is 1. The minimum Gasteiger partial charge on any atom is -0.279 e. The van der Waals surface area contributed by atoms with Crippen LogP contribution in [0.2, 0.25) is 0 Å². The van der Waals surface area contributed by atoms with Crippen molar-refractivity contribution >= 4 is 27.5 Å². The molecule has 22 heavy (non-hydrogen) atoms. The summed E-state index contributed by atoms with van der Waals surface area (Å²) in [6.45, 7) is 4.06. The molecule has 0 aromatic heterocycles. The van der Waals surface area contributed by atoms with E-state index in [-0.39, 0.29) is 0 Å². The molecule has 5 heteroatoms. The molecule has 0 spiro atoms. The zero-order valence-electron chi connectivity index (χ0n) is 13.1. The molecule has 2 aromatic carbocycles. The molecule has 0 amide bonds. The fourth-order valence-electron chi connectivity index (χ4n) is 2.32. The van der Waals surface area contributed by atoms with Crippen molar-refractivity contribution in [3.8, 4) is 0 Å². The van der Waals surface area contributed by atoms with Gasteiger partial charge < -0.3 is 0 Å². The Balaban J connectivity index is 2.40. The first-order valence-electron chi connectivity index (χ1n) is 7.29. The molecule has 0 aliphatic heterocycles. The van der Waals surface area contributed by atoms with E-state index in [4.69, 9.17) is 0 Å². The smallest absolute Gasteiger partial charge is 0.261 e. The third kappa shape index (κ3) is 3.65. The van der Waals surface area contributed by atoms with Crippen LogP contribution in [0.5, 0.6) is 0 Å². The lowest BCUT2D eigenvalue weighted by Crippen LogP contribution is -2.15. The minimum atomic E-state index is -3.56. The maximum absolute atomic E-state index is 12.6. The van der Waals surface area contributed by atoms with Gasteiger partial charge in [-0.2, -0.15) is 0 Å². The number of sulfonamides is 1. The van der Waals surface area contributed by atoms with E-state index in [1.165, 1.54) is 0 Å². The molecule has 0 saturated carbocycles. The summed E-state index contributed by atoms with van der Waals surface area (Å²) < 4.78 is 28.0. The summed E-state index contributed by atoms with van der Waals surface area (Å²) >= 11 is 1.59. The third-order valence-electron chi connectivity index (χ3n) is 3.61. The number of thioether (sulfide) groups is 1. The van der Waals surface area contributed by atoms with Gasteiger partial charge in [0.15, 0.2) is 0 Å². The molecule has 2 aromatic rings.